The van der Waals surface area contributed by atoms with Crippen LogP contribution in [0.3, 0.4) is 0 Å². The number of hydrogen-bond donors (Lipinski definition) is 0. The number of rotatable bonds is 8. The second kappa shape index (κ2) is 8.90. The van der Waals surface area contributed by atoms with Gasteiger partial charge in [0.15, 0.2) is 0 Å². The monoisotopic (exact) mass is 400 g/mol. The predicted octanol–water partition coefficient (Wildman–Crippen LogP) is 3.08. The van der Waals surface area contributed by atoms with Gasteiger partial charge in [0, 0.05) is 0 Å². The Labute approximate surface area is 135 Å². The molecule has 0 atom stereocenters. The first-order valence-corrected chi connectivity index (χ1v) is 11.1. The van der Waals surface area contributed by atoms with Gasteiger partial charge in [0.1, 0.15) is 0 Å². The van der Waals surface area contributed by atoms with Crippen LogP contribution in [0.2, 0.25) is 0 Å². The minimum absolute atomic E-state index is 0.514. The van der Waals surface area contributed by atoms with E-state index in [1.54, 1.807) is 13.3 Å². The van der Waals surface area contributed by atoms with E-state index >= 15 is 0 Å². The second-order valence-electron chi connectivity index (χ2n) is 5.12. The molecular formula is C18H24Se2. The van der Waals surface area contributed by atoms with Crippen molar-refractivity contribution in [1.29, 1.82) is 0 Å². The summed E-state index contributed by atoms with van der Waals surface area (Å²) in [5.41, 5.74) is 0. The Kier molecular flexibility index (Phi) is 7.17. The van der Waals surface area contributed by atoms with Gasteiger partial charge >= 0.3 is 136 Å². The quantitative estimate of drug-likeness (QED) is 0.600. The van der Waals surface area contributed by atoms with Gasteiger partial charge in [-0.1, -0.05) is 0 Å². The van der Waals surface area contributed by atoms with Gasteiger partial charge in [-0.05, 0) is 0 Å². The van der Waals surface area contributed by atoms with Crippen molar-refractivity contribution >= 4 is 38.4 Å². The molecule has 2 aromatic rings. The average molecular weight is 398 g/mol. The van der Waals surface area contributed by atoms with Crippen molar-refractivity contribution in [2.24, 2.45) is 0 Å². The number of hydrogen-bond acceptors (Lipinski definition) is 0. The summed E-state index contributed by atoms with van der Waals surface area (Å²) >= 11 is 1.18. The van der Waals surface area contributed by atoms with Crippen molar-refractivity contribution in [2.45, 2.75) is 52.4 Å². The number of unbranched alkanes of at least 4 members (excludes halogenated alkanes) is 2. The molecule has 0 fully saturated rings. The maximum atomic E-state index is 2.56. The summed E-state index contributed by atoms with van der Waals surface area (Å²) < 4.78 is 6.77. The van der Waals surface area contributed by atoms with Crippen LogP contribution < -0.4 is 8.92 Å². The van der Waals surface area contributed by atoms with Gasteiger partial charge in [-0.15, -0.1) is 0 Å². The molecule has 0 aliphatic carbocycles. The first kappa shape index (κ1) is 16.1. The van der Waals surface area contributed by atoms with Gasteiger partial charge in [0.2, 0.25) is 0 Å². The molecule has 1 aromatic heterocycles. The molecule has 0 aliphatic rings. The van der Waals surface area contributed by atoms with E-state index in [1.165, 1.54) is 43.0 Å². The molecule has 0 amide bonds. The standard InChI is InChI=1S/C18H24Se2/c1-3-5-10-16-14-18(17(20-16)13-6-4-2)19-15-11-8-7-9-12-15/h7-9,11-12,14H,3-6,10,13H2,1-2H3. The molecule has 0 saturated heterocycles. The van der Waals surface area contributed by atoms with E-state index in [-0.39, 0.29) is 0 Å². The van der Waals surface area contributed by atoms with Gasteiger partial charge in [0.05, 0.1) is 0 Å². The van der Waals surface area contributed by atoms with Crippen LogP contribution in [0.25, 0.3) is 0 Å². The zero-order chi connectivity index (χ0) is 14.2. The molecule has 2 rings (SSSR count). The maximum absolute atomic E-state index is 2.56. The number of benzene rings is 1. The van der Waals surface area contributed by atoms with Crippen LogP contribution in [0.4, 0.5) is 0 Å². The molecule has 0 aliphatic heterocycles. The third-order valence-electron chi connectivity index (χ3n) is 3.33. The normalized spacial score (nSPS) is 10.9. The molecular weight excluding hydrogens is 374 g/mol. The molecule has 0 spiro atoms. The fraction of sp³-hybridized carbons (Fsp3) is 0.444. The van der Waals surface area contributed by atoms with Crippen LogP contribution in [0.15, 0.2) is 36.4 Å². The van der Waals surface area contributed by atoms with E-state index in [9.17, 15) is 0 Å². The Bertz CT molecular complexity index is 499. The van der Waals surface area contributed by atoms with Crippen LogP contribution in [0.5, 0.6) is 0 Å². The Hall–Kier alpha value is -0.261. The Morgan fingerprint density at radius 3 is 2.35 bits per heavy atom. The van der Waals surface area contributed by atoms with E-state index in [2.05, 4.69) is 50.2 Å². The Morgan fingerprint density at radius 1 is 0.950 bits per heavy atom. The Morgan fingerprint density at radius 2 is 1.65 bits per heavy atom. The van der Waals surface area contributed by atoms with E-state index in [1.807, 2.05) is 0 Å². The molecule has 0 saturated carbocycles. The first-order valence-electron chi connectivity index (χ1n) is 7.68. The minimum atomic E-state index is 0.514. The molecule has 20 heavy (non-hydrogen) atoms. The molecule has 1 aromatic carbocycles. The van der Waals surface area contributed by atoms with Gasteiger partial charge in [-0.2, -0.15) is 0 Å². The summed E-state index contributed by atoms with van der Waals surface area (Å²) in [6, 6.07) is 13.6. The fourth-order valence-electron chi connectivity index (χ4n) is 2.15. The molecule has 0 unspecified atom stereocenters. The van der Waals surface area contributed by atoms with Crippen molar-refractivity contribution in [3.63, 3.8) is 0 Å². The molecule has 0 nitrogen and oxygen atoms in total. The van der Waals surface area contributed by atoms with Crippen molar-refractivity contribution in [2.75, 3.05) is 0 Å². The fourth-order valence-corrected chi connectivity index (χ4v) is 7.87. The predicted molar refractivity (Wildman–Crippen MR) is 92.1 cm³/mol. The molecule has 0 N–H and O–H groups in total. The number of aryl methyl sites for hydroxylation is 2. The van der Waals surface area contributed by atoms with Crippen LogP contribution in [-0.2, 0) is 12.8 Å². The zero-order valence-corrected chi connectivity index (χ0v) is 15.9. The summed E-state index contributed by atoms with van der Waals surface area (Å²) in [7, 11) is 0. The van der Waals surface area contributed by atoms with Crippen LogP contribution in [-0.4, -0.2) is 29.5 Å². The summed E-state index contributed by atoms with van der Waals surface area (Å²) in [5, 5.41) is 0. The second-order valence-corrected chi connectivity index (χ2v) is 10.0. The van der Waals surface area contributed by atoms with Crippen LogP contribution >= 0.6 is 0 Å². The SMILES string of the molecule is CCCCc1cc([Se]c2ccccc2)c(CCCC)[se]1. The van der Waals surface area contributed by atoms with Crippen LogP contribution in [0, 0.1) is 0 Å². The first-order chi connectivity index (χ1) is 9.83. The molecule has 0 bridgehead atoms. The molecule has 108 valence electrons. The van der Waals surface area contributed by atoms with E-state index < -0.39 is 0 Å². The van der Waals surface area contributed by atoms with Gasteiger partial charge in [-0.25, -0.2) is 0 Å². The average Bonchev–Trinajstić information content (AvgIpc) is 2.86. The van der Waals surface area contributed by atoms with Crippen molar-refractivity contribution < 1.29 is 0 Å². The summed E-state index contributed by atoms with van der Waals surface area (Å²) in [6.45, 7) is 4.60. The van der Waals surface area contributed by atoms with Gasteiger partial charge < -0.3 is 0 Å². The summed E-state index contributed by atoms with van der Waals surface area (Å²) in [5.74, 6) is 0. The molecule has 0 radical (unpaired) electrons. The Balaban J connectivity index is 2.13. The van der Waals surface area contributed by atoms with Crippen molar-refractivity contribution in [3.05, 3.63) is 45.3 Å². The van der Waals surface area contributed by atoms with Crippen molar-refractivity contribution in [3.8, 4) is 0 Å². The third kappa shape index (κ3) is 4.93. The van der Waals surface area contributed by atoms with Crippen molar-refractivity contribution in [1.82, 2.24) is 0 Å². The zero-order valence-electron chi connectivity index (χ0n) is 12.5. The van der Waals surface area contributed by atoms with Gasteiger partial charge in [-0.3, -0.25) is 0 Å². The van der Waals surface area contributed by atoms with Gasteiger partial charge in [0.25, 0.3) is 0 Å². The summed E-state index contributed by atoms with van der Waals surface area (Å²) in [4.78, 5) is 0. The summed E-state index contributed by atoms with van der Waals surface area (Å²) in [6.07, 6.45) is 8.03. The topological polar surface area (TPSA) is 0 Å². The van der Waals surface area contributed by atoms with E-state index in [0.29, 0.717) is 29.5 Å². The molecule has 1 heterocycles. The van der Waals surface area contributed by atoms with E-state index in [4.69, 9.17) is 0 Å². The van der Waals surface area contributed by atoms with Crippen LogP contribution in [0.1, 0.15) is 48.4 Å². The third-order valence-corrected chi connectivity index (χ3v) is 8.90. The molecule has 2 heteroatoms. The van der Waals surface area contributed by atoms with E-state index in [0.717, 1.165) is 0 Å².